The molecule has 3 heteroatoms. The molecule has 2 heterocycles. The van der Waals surface area contributed by atoms with Crippen molar-refractivity contribution in [3.8, 4) is 11.3 Å². The molecule has 90 valence electrons. The monoisotopic (exact) mass is 248 g/mol. The molecule has 0 atom stereocenters. The number of rotatable bonds is 1. The van der Waals surface area contributed by atoms with Gasteiger partial charge in [0.15, 0.2) is 0 Å². The number of imidazole rings is 1. The third-order valence-corrected chi connectivity index (χ3v) is 3.32. The Kier molecular flexibility index (Phi) is 3.53. The SMILES string of the molecule is Cc1ccc(-c2cnc3n2CCCC3)cc1.Cl. The summed E-state index contributed by atoms with van der Waals surface area (Å²) >= 11 is 0. The zero-order chi connectivity index (χ0) is 11.0. The first-order valence-electron chi connectivity index (χ1n) is 5.96. The van der Waals surface area contributed by atoms with Crippen molar-refractivity contribution in [2.75, 3.05) is 0 Å². The fraction of sp³-hybridized carbons (Fsp3) is 0.357. The Morgan fingerprint density at radius 1 is 1.12 bits per heavy atom. The third kappa shape index (κ3) is 2.22. The van der Waals surface area contributed by atoms with Crippen molar-refractivity contribution in [2.24, 2.45) is 0 Å². The number of hydrogen-bond donors (Lipinski definition) is 0. The zero-order valence-electron chi connectivity index (χ0n) is 10.0. The quantitative estimate of drug-likeness (QED) is 0.754. The van der Waals surface area contributed by atoms with Crippen molar-refractivity contribution < 1.29 is 0 Å². The van der Waals surface area contributed by atoms with Crippen LogP contribution in [-0.4, -0.2) is 9.55 Å². The van der Waals surface area contributed by atoms with Crippen LogP contribution in [0.5, 0.6) is 0 Å². The molecule has 1 aromatic carbocycles. The normalized spacial score (nSPS) is 13.9. The maximum Gasteiger partial charge on any atom is 0.109 e. The van der Waals surface area contributed by atoms with E-state index in [4.69, 9.17) is 0 Å². The van der Waals surface area contributed by atoms with E-state index in [2.05, 4.69) is 40.7 Å². The average molecular weight is 249 g/mol. The van der Waals surface area contributed by atoms with Gasteiger partial charge in [0.1, 0.15) is 5.82 Å². The molecule has 17 heavy (non-hydrogen) atoms. The molecule has 0 spiro atoms. The molecule has 3 rings (SSSR count). The van der Waals surface area contributed by atoms with E-state index < -0.39 is 0 Å². The summed E-state index contributed by atoms with van der Waals surface area (Å²) in [4.78, 5) is 4.52. The van der Waals surface area contributed by atoms with Crippen LogP contribution in [-0.2, 0) is 13.0 Å². The molecule has 0 radical (unpaired) electrons. The first-order chi connectivity index (χ1) is 7.84. The Morgan fingerprint density at radius 3 is 2.65 bits per heavy atom. The van der Waals surface area contributed by atoms with E-state index in [0.29, 0.717) is 0 Å². The van der Waals surface area contributed by atoms with E-state index in [1.165, 1.54) is 35.5 Å². The first-order valence-corrected chi connectivity index (χ1v) is 5.96. The Morgan fingerprint density at radius 2 is 1.88 bits per heavy atom. The lowest BCUT2D eigenvalue weighted by Gasteiger charge is -2.16. The van der Waals surface area contributed by atoms with Crippen LogP contribution in [0, 0.1) is 6.92 Å². The number of fused-ring (bicyclic) bond motifs is 1. The zero-order valence-corrected chi connectivity index (χ0v) is 10.8. The van der Waals surface area contributed by atoms with E-state index in [0.717, 1.165) is 13.0 Å². The minimum absolute atomic E-state index is 0. The van der Waals surface area contributed by atoms with Crippen LogP contribution in [0.25, 0.3) is 11.3 Å². The summed E-state index contributed by atoms with van der Waals surface area (Å²) in [6.45, 7) is 3.24. The highest BCUT2D eigenvalue weighted by Gasteiger charge is 2.14. The van der Waals surface area contributed by atoms with Crippen LogP contribution in [0.4, 0.5) is 0 Å². The molecule has 0 aliphatic carbocycles. The number of hydrogen-bond acceptors (Lipinski definition) is 1. The minimum Gasteiger partial charge on any atom is -0.328 e. The van der Waals surface area contributed by atoms with Gasteiger partial charge in [0, 0.05) is 13.0 Å². The van der Waals surface area contributed by atoms with E-state index in [1.807, 2.05) is 6.20 Å². The molecular formula is C14H17ClN2. The standard InChI is InChI=1S/C14H16N2.ClH/c1-11-5-7-12(8-6-11)13-10-15-14-4-2-3-9-16(13)14;/h5-8,10H,2-4,9H2,1H3;1H. The van der Waals surface area contributed by atoms with Gasteiger partial charge in [-0.1, -0.05) is 29.8 Å². The smallest absolute Gasteiger partial charge is 0.109 e. The number of benzene rings is 1. The molecule has 1 aliphatic rings. The highest BCUT2D eigenvalue weighted by atomic mass is 35.5. The van der Waals surface area contributed by atoms with Crippen molar-refractivity contribution in [1.29, 1.82) is 0 Å². The second kappa shape index (κ2) is 4.92. The maximum atomic E-state index is 4.52. The van der Waals surface area contributed by atoms with Gasteiger partial charge in [-0.15, -0.1) is 12.4 Å². The predicted molar refractivity (Wildman–Crippen MR) is 72.6 cm³/mol. The van der Waals surface area contributed by atoms with E-state index in [9.17, 15) is 0 Å². The minimum atomic E-state index is 0. The Bertz CT molecular complexity index is 499. The van der Waals surface area contributed by atoms with Crippen LogP contribution in [0.1, 0.15) is 24.2 Å². The predicted octanol–water partition coefficient (Wildman–Crippen LogP) is 3.62. The molecule has 0 saturated carbocycles. The molecule has 0 N–H and O–H groups in total. The number of halogens is 1. The Hall–Kier alpha value is -1.28. The first kappa shape index (κ1) is 12.2. The highest BCUT2D eigenvalue weighted by Crippen LogP contribution is 2.25. The van der Waals surface area contributed by atoms with Crippen LogP contribution in [0.15, 0.2) is 30.5 Å². The van der Waals surface area contributed by atoms with Gasteiger partial charge in [-0.25, -0.2) is 4.98 Å². The molecule has 0 fully saturated rings. The second-order valence-corrected chi connectivity index (χ2v) is 4.53. The van der Waals surface area contributed by atoms with Gasteiger partial charge in [-0.3, -0.25) is 0 Å². The van der Waals surface area contributed by atoms with Gasteiger partial charge >= 0.3 is 0 Å². The maximum absolute atomic E-state index is 4.52. The highest BCUT2D eigenvalue weighted by molar-refractivity contribution is 5.85. The molecule has 0 saturated heterocycles. The lowest BCUT2D eigenvalue weighted by atomic mass is 10.1. The molecular weight excluding hydrogens is 232 g/mol. The molecule has 0 unspecified atom stereocenters. The summed E-state index contributed by atoms with van der Waals surface area (Å²) in [5, 5.41) is 0. The van der Waals surface area contributed by atoms with Crippen LogP contribution >= 0.6 is 12.4 Å². The lowest BCUT2D eigenvalue weighted by molar-refractivity contribution is 0.526. The van der Waals surface area contributed by atoms with Crippen molar-refractivity contribution in [2.45, 2.75) is 32.7 Å². The van der Waals surface area contributed by atoms with Crippen molar-refractivity contribution in [3.05, 3.63) is 41.9 Å². The van der Waals surface area contributed by atoms with Gasteiger partial charge in [0.2, 0.25) is 0 Å². The molecule has 0 bridgehead atoms. The van der Waals surface area contributed by atoms with Crippen LogP contribution in [0.2, 0.25) is 0 Å². The van der Waals surface area contributed by atoms with Gasteiger partial charge in [-0.2, -0.15) is 0 Å². The molecule has 1 aromatic heterocycles. The third-order valence-electron chi connectivity index (χ3n) is 3.32. The molecule has 1 aliphatic heterocycles. The van der Waals surface area contributed by atoms with Crippen LogP contribution < -0.4 is 0 Å². The van der Waals surface area contributed by atoms with E-state index >= 15 is 0 Å². The Balaban J connectivity index is 0.00000108. The van der Waals surface area contributed by atoms with Gasteiger partial charge < -0.3 is 4.57 Å². The molecule has 0 amide bonds. The van der Waals surface area contributed by atoms with Gasteiger partial charge in [0.05, 0.1) is 11.9 Å². The lowest BCUT2D eigenvalue weighted by Crippen LogP contribution is -2.11. The summed E-state index contributed by atoms with van der Waals surface area (Å²) in [5.74, 6) is 1.25. The summed E-state index contributed by atoms with van der Waals surface area (Å²) < 4.78 is 2.37. The summed E-state index contributed by atoms with van der Waals surface area (Å²) in [7, 11) is 0. The molecule has 2 aromatic rings. The summed E-state index contributed by atoms with van der Waals surface area (Å²) in [6, 6.07) is 8.71. The average Bonchev–Trinajstić information content (AvgIpc) is 2.74. The van der Waals surface area contributed by atoms with Gasteiger partial charge in [-0.05, 0) is 25.3 Å². The largest absolute Gasteiger partial charge is 0.328 e. The fourth-order valence-corrected chi connectivity index (χ4v) is 2.37. The topological polar surface area (TPSA) is 17.8 Å². The Labute approximate surface area is 108 Å². The van der Waals surface area contributed by atoms with Crippen molar-refractivity contribution in [3.63, 3.8) is 0 Å². The second-order valence-electron chi connectivity index (χ2n) is 4.53. The van der Waals surface area contributed by atoms with E-state index in [-0.39, 0.29) is 12.4 Å². The fourth-order valence-electron chi connectivity index (χ4n) is 2.37. The molecule has 2 nitrogen and oxygen atoms in total. The summed E-state index contributed by atoms with van der Waals surface area (Å²) in [5.41, 5.74) is 3.86. The van der Waals surface area contributed by atoms with Crippen molar-refractivity contribution in [1.82, 2.24) is 9.55 Å². The number of nitrogens with zero attached hydrogens (tertiary/aromatic N) is 2. The van der Waals surface area contributed by atoms with Crippen molar-refractivity contribution >= 4 is 12.4 Å². The van der Waals surface area contributed by atoms with E-state index in [1.54, 1.807) is 0 Å². The van der Waals surface area contributed by atoms with Gasteiger partial charge in [0.25, 0.3) is 0 Å². The number of aryl methyl sites for hydroxylation is 2. The van der Waals surface area contributed by atoms with Crippen LogP contribution in [0.3, 0.4) is 0 Å². The number of aromatic nitrogens is 2. The summed E-state index contributed by atoms with van der Waals surface area (Å²) in [6.07, 6.45) is 5.71.